The minimum absolute atomic E-state index is 0.0665. The standard InChI is InChI=1S/C32H30ClF3N8O3/c1-31(25-6-5-20(33)15-37-25)46-24-4-2-3-22(27(24)47-31)18-7-10-43(11-8-18)17-26-39-23-13-19(28-40-30(42-41-28)32(34,35)36)14-38-29(23)44(26)16-21-9-12-45-21/h2-6,13-15,18,21H,7-12,16-17H2,1H3,(H,40,41,42)/t21-,31?/m0/s1. The number of benzene rings is 1. The molecule has 5 aromatic rings. The number of para-hydroxylation sites is 1. The van der Waals surface area contributed by atoms with E-state index in [1.807, 2.05) is 30.2 Å². The SMILES string of the molecule is CC1(c2ccc(Cl)cn2)Oc2cccc(C3CCN(Cc4nc5cc(-c6n[nH]c(C(F)(F)F)n6)cnc5n4C[C@@H]4CCO4)CC3)c2O1. The zero-order valence-electron chi connectivity index (χ0n) is 25.3. The fourth-order valence-electron chi connectivity index (χ4n) is 6.46. The van der Waals surface area contributed by atoms with E-state index in [1.165, 1.54) is 6.20 Å². The highest BCUT2D eigenvalue weighted by molar-refractivity contribution is 6.30. The Bertz CT molecular complexity index is 1940. The summed E-state index contributed by atoms with van der Waals surface area (Å²) in [6.45, 7) is 5.45. The lowest BCUT2D eigenvalue weighted by Crippen LogP contribution is -2.35. The molecule has 4 aromatic heterocycles. The van der Waals surface area contributed by atoms with Gasteiger partial charge in [-0.3, -0.25) is 15.0 Å². The minimum Gasteiger partial charge on any atom is -0.443 e. The van der Waals surface area contributed by atoms with E-state index in [1.54, 1.807) is 18.3 Å². The number of imidazole rings is 1. The van der Waals surface area contributed by atoms with Gasteiger partial charge in [0, 0.05) is 37.1 Å². The van der Waals surface area contributed by atoms with Gasteiger partial charge < -0.3 is 18.8 Å². The topological polar surface area (TPSA) is 116 Å². The van der Waals surface area contributed by atoms with Crippen LogP contribution in [0.3, 0.4) is 0 Å². The van der Waals surface area contributed by atoms with E-state index in [9.17, 15) is 13.2 Å². The van der Waals surface area contributed by atoms with Gasteiger partial charge in [0.15, 0.2) is 23.0 Å². The molecule has 0 amide bonds. The smallest absolute Gasteiger partial charge is 0.443 e. The first-order valence-corrected chi connectivity index (χ1v) is 15.8. The molecular weight excluding hydrogens is 637 g/mol. The van der Waals surface area contributed by atoms with Crippen molar-refractivity contribution < 1.29 is 27.4 Å². The van der Waals surface area contributed by atoms with Gasteiger partial charge in [-0.2, -0.15) is 18.3 Å². The third-order valence-electron chi connectivity index (χ3n) is 9.05. The molecule has 3 aliphatic heterocycles. The molecule has 7 heterocycles. The van der Waals surface area contributed by atoms with E-state index in [0.29, 0.717) is 46.3 Å². The van der Waals surface area contributed by atoms with Crippen molar-refractivity contribution in [2.75, 3.05) is 19.7 Å². The van der Waals surface area contributed by atoms with Crippen molar-refractivity contribution in [3.63, 3.8) is 0 Å². The lowest BCUT2D eigenvalue weighted by atomic mass is 9.88. The summed E-state index contributed by atoms with van der Waals surface area (Å²) in [5.74, 6) is 0.267. The average molecular weight is 667 g/mol. The first kappa shape index (κ1) is 30.1. The predicted molar refractivity (Wildman–Crippen MR) is 164 cm³/mol. The van der Waals surface area contributed by atoms with Crippen LogP contribution in [0.4, 0.5) is 13.2 Å². The minimum atomic E-state index is -4.62. The normalized spacial score (nSPS) is 21.8. The van der Waals surface area contributed by atoms with E-state index in [-0.39, 0.29) is 17.8 Å². The fraction of sp³-hybridized carbons (Fsp3) is 0.406. The third-order valence-corrected chi connectivity index (χ3v) is 9.28. The number of hydrogen-bond donors (Lipinski definition) is 1. The zero-order valence-corrected chi connectivity index (χ0v) is 26.1. The number of halogens is 4. The van der Waals surface area contributed by atoms with Gasteiger partial charge in [-0.25, -0.2) is 15.0 Å². The molecular formula is C32H30ClF3N8O3. The number of aromatic nitrogens is 7. The number of hydrogen-bond acceptors (Lipinski definition) is 9. The summed E-state index contributed by atoms with van der Waals surface area (Å²) < 4.78 is 59.8. The van der Waals surface area contributed by atoms with E-state index >= 15 is 0 Å². The Hall–Kier alpha value is -4.27. The van der Waals surface area contributed by atoms with Crippen molar-refractivity contribution in [3.8, 4) is 22.9 Å². The number of ether oxygens (including phenoxy) is 3. The molecule has 0 aliphatic carbocycles. The van der Waals surface area contributed by atoms with Crippen LogP contribution < -0.4 is 9.47 Å². The van der Waals surface area contributed by atoms with Crippen LogP contribution in [0.5, 0.6) is 11.5 Å². The van der Waals surface area contributed by atoms with Crippen molar-refractivity contribution in [3.05, 3.63) is 76.7 Å². The van der Waals surface area contributed by atoms with Gasteiger partial charge in [0.2, 0.25) is 5.82 Å². The number of alkyl halides is 3. The molecule has 2 saturated heterocycles. The van der Waals surface area contributed by atoms with Gasteiger partial charge in [0.05, 0.1) is 24.2 Å². The summed E-state index contributed by atoms with van der Waals surface area (Å²) in [6.07, 6.45) is 1.29. The van der Waals surface area contributed by atoms with Crippen LogP contribution in [0.2, 0.25) is 5.02 Å². The van der Waals surface area contributed by atoms with Crippen molar-refractivity contribution in [2.24, 2.45) is 0 Å². The maximum atomic E-state index is 13.1. The molecule has 1 N–H and O–H groups in total. The molecule has 1 unspecified atom stereocenters. The summed E-state index contributed by atoms with van der Waals surface area (Å²) >= 11 is 6.05. The van der Waals surface area contributed by atoms with Crippen LogP contribution >= 0.6 is 11.6 Å². The molecule has 2 atom stereocenters. The van der Waals surface area contributed by atoms with E-state index < -0.39 is 17.8 Å². The highest BCUT2D eigenvalue weighted by Gasteiger charge is 2.42. The summed E-state index contributed by atoms with van der Waals surface area (Å²) in [7, 11) is 0. The van der Waals surface area contributed by atoms with Crippen molar-refractivity contribution in [2.45, 2.75) is 63.3 Å². The lowest BCUT2D eigenvalue weighted by molar-refractivity contribution is -0.144. The molecule has 0 saturated carbocycles. The maximum Gasteiger partial charge on any atom is 0.451 e. The number of piperidine rings is 1. The second-order valence-electron chi connectivity index (χ2n) is 12.2. The molecule has 3 aliphatic rings. The number of likely N-dealkylation sites (tertiary alicyclic amines) is 1. The first-order valence-electron chi connectivity index (χ1n) is 15.4. The Morgan fingerprint density at radius 2 is 1.87 bits per heavy atom. The summed E-state index contributed by atoms with van der Waals surface area (Å²) in [6, 6.07) is 11.3. The van der Waals surface area contributed by atoms with Crippen LogP contribution in [0.25, 0.3) is 22.6 Å². The molecule has 0 radical (unpaired) electrons. The first-order chi connectivity index (χ1) is 22.6. The zero-order chi connectivity index (χ0) is 32.3. The van der Waals surface area contributed by atoms with Gasteiger partial charge in [-0.15, -0.1) is 0 Å². The predicted octanol–water partition coefficient (Wildman–Crippen LogP) is 6.10. The molecule has 0 spiro atoms. The average Bonchev–Trinajstić information content (AvgIpc) is 3.75. The van der Waals surface area contributed by atoms with Crippen LogP contribution in [-0.4, -0.2) is 65.4 Å². The molecule has 8 rings (SSSR count). The molecule has 15 heteroatoms. The van der Waals surface area contributed by atoms with Crippen molar-refractivity contribution in [1.82, 2.24) is 39.6 Å². The fourth-order valence-corrected chi connectivity index (χ4v) is 6.57. The highest BCUT2D eigenvalue weighted by atomic mass is 35.5. The van der Waals surface area contributed by atoms with Gasteiger partial charge in [0.25, 0.3) is 5.79 Å². The van der Waals surface area contributed by atoms with Crippen LogP contribution in [0.15, 0.2) is 48.8 Å². The lowest BCUT2D eigenvalue weighted by Gasteiger charge is -2.33. The molecule has 1 aromatic carbocycles. The van der Waals surface area contributed by atoms with E-state index in [2.05, 4.69) is 35.6 Å². The second-order valence-corrected chi connectivity index (χ2v) is 12.7. The quantitative estimate of drug-likeness (QED) is 0.220. The molecule has 244 valence electrons. The maximum absolute atomic E-state index is 13.1. The Kier molecular flexibility index (Phi) is 7.33. The van der Waals surface area contributed by atoms with Gasteiger partial charge in [-0.1, -0.05) is 23.7 Å². The second kappa shape index (κ2) is 11.5. The van der Waals surface area contributed by atoms with Gasteiger partial charge in [-0.05, 0) is 62.5 Å². The third kappa shape index (κ3) is 5.68. The monoisotopic (exact) mass is 666 g/mol. The molecule has 11 nitrogen and oxygen atoms in total. The molecule has 0 bridgehead atoms. The number of rotatable bonds is 7. The molecule has 2 fully saturated rings. The van der Waals surface area contributed by atoms with Crippen molar-refractivity contribution >= 4 is 22.8 Å². The number of fused-ring (bicyclic) bond motifs is 2. The Morgan fingerprint density at radius 1 is 1.04 bits per heavy atom. The largest absolute Gasteiger partial charge is 0.451 e. The Balaban J connectivity index is 0.996. The highest BCUT2D eigenvalue weighted by Crippen LogP contribution is 2.49. The summed E-state index contributed by atoms with van der Waals surface area (Å²) in [5, 5.41) is 6.26. The van der Waals surface area contributed by atoms with Gasteiger partial charge in [0.1, 0.15) is 17.0 Å². The summed E-state index contributed by atoms with van der Waals surface area (Å²) in [5.41, 5.74) is 3.33. The Morgan fingerprint density at radius 3 is 2.57 bits per heavy atom. The van der Waals surface area contributed by atoms with Crippen LogP contribution in [0, 0.1) is 0 Å². The number of H-pyrrole nitrogens is 1. The number of nitrogens with zero attached hydrogens (tertiary/aromatic N) is 7. The Labute approximate surface area is 272 Å². The molecule has 47 heavy (non-hydrogen) atoms. The van der Waals surface area contributed by atoms with E-state index in [0.717, 1.165) is 56.1 Å². The number of aromatic amines is 1. The number of nitrogens with one attached hydrogen (secondary N) is 1. The van der Waals surface area contributed by atoms with Crippen molar-refractivity contribution in [1.29, 1.82) is 0 Å². The van der Waals surface area contributed by atoms with E-state index in [4.69, 9.17) is 30.8 Å². The van der Waals surface area contributed by atoms with Crippen LogP contribution in [-0.2, 0) is 29.8 Å². The van der Waals surface area contributed by atoms with Gasteiger partial charge >= 0.3 is 6.18 Å². The van der Waals surface area contributed by atoms with Crippen LogP contribution in [0.1, 0.15) is 55.0 Å². The number of pyridine rings is 2. The summed E-state index contributed by atoms with van der Waals surface area (Å²) in [4.78, 5) is 19.9.